The van der Waals surface area contributed by atoms with Crippen molar-refractivity contribution in [3.05, 3.63) is 71.1 Å². The number of hydrogen-bond acceptors (Lipinski definition) is 2. The standard InChI is InChI=1S/C20H14F7NO/c21-16-8-10(19(22,23)24)4-6-14(16)18-13-3-1-2-12(13)15-9-11(29-20(25,26)27)5-7-17(15)28-18/h1-2,4-9,12-13,18,28H,3H2. The number of benzene rings is 2. The summed E-state index contributed by atoms with van der Waals surface area (Å²) in [6.45, 7) is 0. The molecule has 2 aliphatic rings. The predicted octanol–water partition coefficient (Wildman–Crippen LogP) is 6.57. The molecule has 0 aromatic heterocycles. The van der Waals surface area contributed by atoms with Crippen molar-refractivity contribution in [1.29, 1.82) is 0 Å². The van der Waals surface area contributed by atoms with Crippen LogP contribution in [0.1, 0.15) is 35.1 Å². The van der Waals surface area contributed by atoms with Crippen molar-refractivity contribution in [2.24, 2.45) is 5.92 Å². The molecule has 0 saturated carbocycles. The zero-order chi connectivity index (χ0) is 21.0. The first kappa shape index (κ1) is 19.6. The Kier molecular flexibility index (Phi) is 4.51. The van der Waals surface area contributed by atoms with Gasteiger partial charge in [0.05, 0.1) is 11.6 Å². The molecule has 1 aliphatic carbocycles. The van der Waals surface area contributed by atoms with E-state index >= 15 is 0 Å². The smallest absolute Gasteiger partial charge is 0.406 e. The maximum Gasteiger partial charge on any atom is 0.573 e. The van der Waals surface area contributed by atoms with E-state index in [1.165, 1.54) is 12.1 Å². The van der Waals surface area contributed by atoms with Crippen molar-refractivity contribution >= 4 is 5.69 Å². The SMILES string of the molecule is Fc1cc(C(F)(F)F)ccc1C1Nc2ccc(OC(F)(F)F)cc2C2C=CCC21. The summed E-state index contributed by atoms with van der Waals surface area (Å²) in [5.74, 6) is -1.91. The second kappa shape index (κ2) is 6.67. The Morgan fingerprint density at radius 1 is 0.931 bits per heavy atom. The first-order valence-corrected chi connectivity index (χ1v) is 8.72. The molecular formula is C20H14F7NO. The van der Waals surface area contributed by atoms with Crippen LogP contribution in [0.2, 0.25) is 0 Å². The number of fused-ring (bicyclic) bond motifs is 3. The molecule has 1 aliphatic heterocycles. The van der Waals surface area contributed by atoms with Gasteiger partial charge in [-0.05, 0) is 48.2 Å². The zero-order valence-corrected chi connectivity index (χ0v) is 14.6. The third kappa shape index (κ3) is 3.77. The Hall–Kier alpha value is -2.71. The van der Waals surface area contributed by atoms with E-state index in [9.17, 15) is 30.7 Å². The molecular weight excluding hydrogens is 403 g/mol. The molecule has 2 aromatic carbocycles. The van der Waals surface area contributed by atoms with E-state index in [0.29, 0.717) is 23.7 Å². The summed E-state index contributed by atoms with van der Waals surface area (Å²) < 4.78 is 94.5. The lowest BCUT2D eigenvalue weighted by Crippen LogP contribution is -2.30. The topological polar surface area (TPSA) is 21.3 Å². The van der Waals surface area contributed by atoms with Crippen LogP contribution in [0.25, 0.3) is 0 Å². The third-order valence-electron chi connectivity index (χ3n) is 5.23. The number of anilines is 1. The van der Waals surface area contributed by atoms with Crippen LogP contribution < -0.4 is 10.1 Å². The quantitative estimate of drug-likeness (QED) is 0.441. The molecule has 4 rings (SSSR count). The Labute approximate surface area is 161 Å². The lowest BCUT2D eigenvalue weighted by atomic mass is 9.76. The molecule has 0 saturated heterocycles. The molecule has 3 atom stereocenters. The highest BCUT2D eigenvalue weighted by molar-refractivity contribution is 5.62. The molecule has 2 nitrogen and oxygen atoms in total. The molecule has 154 valence electrons. The number of halogens is 7. The van der Waals surface area contributed by atoms with Gasteiger partial charge >= 0.3 is 12.5 Å². The summed E-state index contributed by atoms with van der Waals surface area (Å²) in [5, 5.41) is 3.08. The van der Waals surface area contributed by atoms with Gasteiger partial charge in [-0.3, -0.25) is 0 Å². The van der Waals surface area contributed by atoms with Crippen LogP contribution in [0.15, 0.2) is 48.6 Å². The fourth-order valence-corrected chi connectivity index (χ4v) is 4.03. The lowest BCUT2D eigenvalue weighted by molar-refractivity contribution is -0.274. The van der Waals surface area contributed by atoms with Crippen LogP contribution >= 0.6 is 0 Å². The largest absolute Gasteiger partial charge is 0.573 e. The molecule has 0 fully saturated rings. The predicted molar refractivity (Wildman–Crippen MR) is 90.9 cm³/mol. The average Bonchev–Trinajstić information content (AvgIpc) is 3.09. The van der Waals surface area contributed by atoms with Crippen molar-refractivity contribution in [2.45, 2.75) is 30.9 Å². The second-order valence-electron chi connectivity index (χ2n) is 7.01. The minimum absolute atomic E-state index is 0.0815. The molecule has 0 radical (unpaired) electrons. The van der Waals surface area contributed by atoms with Crippen LogP contribution in [0.5, 0.6) is 5.75 Å². The number of rotatable bonds is 2. The van der Waals surface area contributed by atoms with Gasteiger partial charge in [0.1, 0.15) is 11.6 Å². The van der Waals surface area contributed by atoms with Gasteiger partial charge in [-0.1, -0.05) is 18.2 Å². The molecule has 1 heterocycles. The highest BCUT2D eigenvalue weighted by Gasteiger charge is 2.40. The van der Waals surface area contributed by atoms with E-state index in [0.717, 1.165) is 18.2 Å². The summed E-state index contributed by atoms with van der Waals surface area (Å²) in [7, 11) is 0. The Balaban J connectivity index is 1.70. The first-order chi connectivity index (χ1) is 13.5. The van der Waals surface area contributed by atoms with Gasteiger partial charge < -0.3 is 10.1 Å². The molecule has 0 amide bonds. The number of nitrogens with one attached hydrogen (secondary N) is 1. The van der Waals surface area contributed by atoms with Gasteiger partial charge in [-0.25, -0.2) is 4.39 Å². The molecule has 29 heavy (non-hydrogen) atoms. The Morgan fingerprint density at radius 2 is 1.69 bits per heavy atom. The number of ether oxygens (including phenoxy) is 1. The molecule has 0 bridgehead atoms. The van der Waals surface area contributed by atoms with Crippen LogP contribution in [-0.4, -0.2) is 6.36 Å². The van der Waals surface area contributed by atoms with Gasteiger partial charge in [-0.15, -0.1) is 13.2 Å². The van der Waals surface area contributed by atoms with Crippen molar-refractivity contribution in [1.82, 2.24) is 0 Å². The van der Waals surface area contributed by atoms with E-state index in [1.54, 1.807) is 0 Å². The molecule has 1 N–H and O–H groups in total. The average molecular weight is 417 g/mol. The van der Waals surface area contributed by atoms with E-state index < -0.39 is 30.0 Å². The van der Waals surface area contributed by atoms with Gasteiger partial charge in [0.2, 0.25) is 0 Å². The Bertz CT molecular complexity index is 964. The number of alkyl halides is 6. The van der Waals surface area contributed by atoms with Crippen molar-refractivity contribution in [3.63, 3.8) is 0 Å². The van der Waals surface area contributed by atoms with E-state index in [2.05, 4.69) is 10.1 Å². The minimum atomic E-state index is -4.83. The van der Waals surface area contributed by atoms with E-state index in [1.807, 2.05) is 12.2 Å². The second-order valence-corrected chi connectivity index (χ2v) is 7.01. The summed E-state index contributed by atoms with van der Waals surface area (Å²) >= 11 is 0. The maximum absolute atomic E-state index is 14.5. The first-order valence-electron chi connectivity index (χ1n) is 8.72. The molecule has 3 unspecified atom stereocenters. The fraction of sp³-hybridized carbons (Fsp3) is 0.300. The fourth-order valence-electron chi connectivity index (χ4n) is 4.03. The molecule has 9 heteroatoms. The summed E-state index contributed by atoms with van der Waals surface area (Å²) in [6, 6.07) is 5.59. The number of allylic oxidation sites excluding steroid dienone is 2. The van der Waals surface area contributed by atoms with Crippen LogP contribution in [-0.2, 0) is 6.18 Å². The van der Waals surface area contributed by atoms with Crippen molar-refractivity contribution in [3.8, 4) is 5.75 Å². The van der Waals surface area contributed by atoms with Gasteiger partial charge in [0.15, 0.2) is 0 Å². The van der Waals surface area contributed by atoms with Gasteiger partial charge in [0.25, 0.3) is 0 Å². The zero-order valence-electron chi connectivity index (χ0n) is 14.6. The summed E-state index contributed by atoms with van der Waals surface area (Å²) in [4.78, 5) is 0. The lowest BCUT2D eigenvalue weighted by Gasteiger charge is -2.37. The van der Waals surface area contributed by atoms with Gasteiger partial charge in [0, 0.05) is 17.2 Å². The van der Waals surface area contributed by atoms with Crippen LogP contribution in [0.4, 0.5) is 36.4 Å². The van der Waals surface area contributed by atoms with Crippen molar-refractivity contribution in [2.75, 3.05) is 5.32 Å². The van der Waals surface area contributed by atoms with E-state index in [4.69, 9.17) is 0 Å². The van der Waals surface area contributed by atoms with Crippen LogP contribution in [0, 0.1) is 11.7 Å². The molecule has 0 spiro atoms. The van der Waals surface area contributed by atoms with Crippen molar-refractivity contribution < 1.29 is 35.5 Å². The Morgan fingerprint density at radius 3 is 2.34 bits per heavy atom. The normalized spacial score (nSPS) is 23.3. The summed E-state index contributed by atoms with van der Waals surface area (Å²) in [5.41, 5.74) is 0.0497. The van der Waals surface area contributed by atoms with E-state index in [-0.39, 0.29) is 23.1 Å². The number of hydrogen-bond donors (Lipinski definition) is 1. The highest BCUT2D eigenvalue weighted by atomic mass is 19.4. The monoisotopic (exact) mass is 417 g/mol. The van der Waals surface area contributed by atoms with Crippen LogP contribution in [0.3, 0.4) is 0 Å². The summed E-state index contributed by atoms with van der Waals surface area (Å²) in [6.07, 6.45) is -5.33. The third-order valence-corrected chi connectivity index (χ3v) is 5.23. The minimum Gasteiger partial charge on any atom is -0.406 e. The molecule has 2 aromatic rings. The highest BCUT2D eigenvalue weighted by Crippen LogP contribution is 2.51. The maximum atomic E-state index is 14.5. The van der Waals surface area contributed by atoms with Gasteiger partial charge in [-0.2, -0.15) is 13.2 Å².